The molecule has 0 aliphatic carbocycles. The maximum Gasteiger partial charge on any atom is 0.128 e. The van der Waals surface area contributed by atoms with Crippen LogP contribution < -0.4 is 5.32 Å². The standard InChI is InChI=1S/C17H22FN3/c1-12(2)7-8-13-11-17-19-10-9-16(21(17)20-13)14-5-3-4-6-15(14)18/h3-6,11-12,16,19H,7-10H2,1-2H3. The van der Waals surface area contributed by atoms with Crippen LogP contribution in [-0.4, -0.2) is 16.3 Å². The topological polar surface area (TPSA) is 29.9 Å². The number of fused-ring (bicyclic) bond motifs is 1. The fraction of sp³-hybridized carbons (Fsp3) is 0.471. The van der Waals surface area contributed by atoms with Crippen molar-refractivity contribution in [3.8, 4) is 0 Å². The minimum atomic E-state index is -0.144. The first kappa shape index (κ1) is 14.1. The Hall–Kier alpha value is -1.84. The van der Waals surface area contributed by atoms with Gasteiger partial charge < -0.3 is 5.32 Å². The van der Waals surface area contributed by atoms with E-state index >= 15 is 0 Å². The van der Waals surface area contributed by atoms with E-state index in [2.05, 4.69) is 25.2 Å². The molecule has 0 radical (unpaired) electrons. The summed E-state index contributed by atoms with van der Waals surface area (Å²) in [6, 6.07) is 9.12. The lowest BCUT2D eigenvalue weighted by molar-refractivity contribution is 0.454. The van der Waals surface area contributed by atoms with Crippen molar-refractivity contribution in [1.29, 1.82) is 0 Å². The second kappa shape index (κ2) is 5.88. The molecule has 2 aromatic rings. The highest BCUT2D eigenvalue weighted by Crippen LogP contribution is 2.31. The molecule has 1 aliphatic heterocycles. The van der Waals surface area contributed by atoms with Gasteiger partial charge in [0.15, 0.2) is 0 Å². The highest BCUT2D eigenvalue weighted by molar-refractivity contribution is 5.41. The number of nitrogens with one attached hydrogen (secondary N) is 1. The number of anilines is 1. The SMILES string of the molecule is CC(C)CCc1cc2n(n1)C(c1ccccc1F)CCN2. The van der Waals surface area contributed by atoms with Crippen LogP contribution in [0.5, 0.6) is 0 Å². The minimum absolute atomic E-state index is 0.00440. The third kappa shape index (κ3) is 2.94. The summed E-state index contributed by atoms with van der Waals surface area (Å²) < 4.78 is 16.0. The van der Waals surface area contributed by atoms with Crippen molar-refractivity contribution in [1.82, 2.24) is 9.78 Å². The van der Waals surface area contributed by atoms with Gasteiger partial charge >= 0.3 is 0 Å². The summed E-state index contributed by atoms with van der Waals surface area (Å²) in [5.41, 5.74) is 1.83. The summed E-state index contributed by atoms with van der Waals surface area (Å²) in [6.45, 7) is 5.29. The first-order chi connectivity index (χ1) is 10.1. The molecule has 0 saturated carbocycles. The van der Waals surface area contributed by atoms with E-state index in [0.717, 1.165) is 42.9 Å². The van der Waals surface area contributed by atoms with Gasteiger partial charge in [-0.2, -0.15) is 5.10 Å². The van der Waals surface area contributed by atoms with Crippen molar-refractivity contribution in [2.45, 2.75) is 39.2 Å². The highest BCUT2D eigenvalue weighted by Gasteiger charge is 2.25. The Balaban J connectivity index is 1.89. The lowest BCUT2D eigenvalue weighted by Crippen LogP contribution is -2.25. The largest absolute Gasteiger partial charge is 0.370 e. The molecule has 0 bridgehead atoms. The van der Waals surface area contributed by atoms with Gasteiger partial charge in [-0.25, -0.2) is 9.07 Å². The molecular formula is C17H22FN3. The summed E-state index contributed by atoms with van der Waals surface area (Å²) in [5.74, 6) is 1.53. The van der Waals surface area contributed by atoms with Gasteiger partial charge in [0.05, 0.1) is 11.7 Å². The second-order valence-corrected chi connectivity index (χ2v) is 6.15. The number of nitrogens with zero attached hydrogens (tertiary/aromatic N) is 2. The van der Waals surface area contributed by atoms with Crippen molar-refractivity contribution < 1.29 is 4.39 Å². The van der Waals surface area contributed by atoms with Crippen LogP contribution in [0.2, 0.25) is 0 Å². The molecule has 1 atom stereocenters. The van der Waals surface area contributed by atoms with E-state index in [1.165, 1.54) is 6.07 Å². The third-order valence-electron chi connectivity index (χ3n) is 4.05. The Kier molecular flexibility index (Phi) is 3.95. The molecule has 3 rings (SSSR count). The number of hydrogen-bond donors (Lipinski definition) is 1. The van der Waals surface area contributed by atoms with Crippen LogP contribution in [0.4, 0.5) is 10.2 Å². The lowest BCUT2D eigenvalue weighted by atomic mass is 10.0. The van der Waals surface area contributed by atoms with Gasteiger partial charge in [0, 0.05) is 18.2 Å². The Morgan fingerprint density at radius 2 is 2.19 bits per heavy atom. The molecule has 21 heavy (non-hydrogen) atoms. The third-order valence-corrected chi connectivity index (χ3v) is 4.05. The molecule has 1 aromatic heterocycles. The van der Waals surface area contributed by atoms with Crippen LogP contribution in [-0.2, 0) is 6.42 Å². The van der Waals surface area contributed by atoms with E-state index in [4.69, 9.17) is 5.10 Å². The van der Waals surface area contributed by atoms with Crippen LogP contribution in [0.1, 0.15) is 44.0 Å². The first-order valence-corrected chi connectivity index (χ1v) is 7.72. The summed E-state index contributed by atoms with van der Waals surface area (Å²) in [4.78, 5) is 0. The molecule has 4 heteroatoms. The van der Waals surface area contributed by atoms with Gasteiger partial charge in [0.1, 0.15) is 11.6 Å². The number of aryl methyl sites for hydroxylation is 1. The van der Waals surface area contributed by atoms with E-state index in [1.807, 2.05) is 16.8 Å². The number of hydrogen-bond acceptors (Lipinski definition) is 2. The van der Waals surface area contributed by atoms with Crippen molar-refractivity contribution >= 4 is 5.82 Å². The van der Waals surface area contributed by atoms with E-state index in [1.54, 1.807) is 6.07 Å². The van der Waals surface area contributed by atoms with Gasteiger partial charge in [-0.05, 0) is 31.2 Å². The first-order valence-electron chi connectivity index (χ1n) is 7.72. The summed E-state index contributed by atoms with van der Waals surface area (Å²) in [5, 5.41) is 8.08. The summed E-state index contributed by atoms with van der Waals surface area (Å²) in [7, 11) is 0. The number of benzene rings is 1. The van der Waals surface area contributed by atoms with Crippen molar-refractivity contribution in [3.05, 3.63) is 47.4 Å². The van der Waals surface area contributed by atoms with E-state index in [-0.39, 0.29) is 11.9 Å². The van der Waals surface area contributed by atoms with Gasteiger partial charge in [-0.15, -0.1) is 0 Å². The lowest BCUT2D eigenvalue weighted by Gasteiger charge is -2.26. The molecule has 2 heterocycles. The minimum Gasteiger partial charge on any atom is -0.370 e. The van der Waals surface area contributed by atoms with Crippen molar-refractivity contribution in [2.75, 3.05) is 11.9 Å². The van der Waals surface area contributed by atoms with E-state index in [0.29, 0.717) is 5.92 Å². The normalized spacial score (nSPS) is 17.6. The van der Waals surface area contributed by atoms with Crippen LogP contribution in [0.25, 0.3) is 0 Å². The zero-order valence-corrected chi connectivity index (χ0v) is 12.6. The quantitative estimate of drug-likeness (QED) is 0.920. The fourth-order valence-corrected chi connectivity index (χ4v) is 2.87. The molecule has 0 saturated heterocycles. The van der Waals surface area contributed by atoms with Crippen LogP contribution in [0.3, 0.4) is 0 Å². The predicted octanol–water partition coefficient (Wildman–Crippen LogP) is 4.02. The van der Waals surface area contributed by atoms with Crippen LogP contribution >= 0.6 is 0 Å². The Labute approximate surface area is 125 Å². The van der Waals surface area contributed by atoms with Crippen molar-refractivity contribution in [2.24, 2.45) is 5.92 Å². The van der Waals surface area contributed by atoms with Crippen LogP contribution in [0, 0.1) is 11.7 Å². The number of aromatic nitrogens is 2. The maximum atomic E-state index is 14.1. The zero-order valence-electron chi connectivity index (χ0n) is 12.6. The van der Waals surface area contributed by atoms with Gasteiger partial charge in [0.2, 0.25) is 0 Å². The van der Waals surface area contributed by atoms with Crippen LogP contribution in [0.15, 0.2) is 30.3 Å². The van der Waals surface area contributed by atoms with Gasteiger partial charge in [0.25, 0.3) is 0 Å². The number of halogens is 1. The highest BCUT2D eigenvalue weighted by atomic mass is 19.1. The van der Waals surface area contributed by atoms with E-state index in [9.17, 15) is 4.39 Å². The fourth-order valence-electron chi connectivity index (χ4n) is 2.87. The van der Waals surface area contributed by atoms with Gasteiger partial charge in [-0.1, -0.05) is 32.0 Å². The smallest absolute Gasteiger partial charge is 0.128 e. The molecular weight excluding hydrogens is 265 g/mol. The molecule has 0 spiro atoms. The van der Waals surface area contributed by atoms with E-state index < -0.39 is 0 Å². The molecule has 1 aliphatic rings. The molecule has 1 N–H and O–H groups in total. The molecule has 0 amide bonds. The average Bonchev–Trinajstić information content (AvgIpc) is 2.88. The molecule has 3 nitrogen and oxygen atoms in total. The Morgan fingerprint density at radius 3 is 2.95 bits per heavy atom. The molecule has 112 valence electrons. The summed E-state index contributed by atoms with van der Waals surface area (Å²) in [6.07, 6.45) is 2.96. The molecule has 1 unspecified atom stereocenters. The monoisotopic (exact) mass is 287 g/mol. The zero-order chi connectivity index (χ0) is 14.8. The Morgan fingerprint density at radius 1 is 1.38 bits per heavy atom. The predicted molar refractivity (Wildman–Crippen MR) is 83.0 cm³/mol. The average molecular weight is 287 g/mol. The maximum absolute atomic E-state index is 14.1. The summed E-state index contributed by atoms with van der Waals surface area (Å²) >= 11 is 0. The number of rotatable bonds is 4. The Bertz CT molecular complexity index is 618. The van der Waals surface area contributed by atoms with Gasteiger partial charge in [-0.3, -0.25) is 0 Å². The van der Waals surface area contributed by atoms with Crippen molar-refractivity contribution in [3.63, 3.8) is 0 Å². The molecule has 1 aromatic carbocycles. The second-order valence-electron chi connectivity index (χ2n) is 6.15. The molecule has 0 fully saturated rings.